The van der Waals surface area contributed by atoms with E-state index in [1.165, 1.54) is 12.8 Å². The Labute approximate surface area is 86.2 Å². The average molecular weight is 199 g/mol. The third kappa shape index (κ3) is 2.87. The van der Waals surface area contributed by atoms with Crippen molar-refractivity contribution in [3.05, 3.63) is 0 Å². The molecule has 1 saturated heterocycles. The number of nitrogens with zero attached hydrogens (tertiary/aromatic N) is 2. The summed E-state index contributed by atoms with van der Waals surface area (Å²) in [6.07, 6.45) is 2.46. The Balaban J connectivity index is 2.32. The quantitative estimate of drug-likeness (QED) is 0.727. The Morgan fingerprint density at radius 3 is 2.86 bits per heavy atom. The van der Waals surface area contributed by atoms with Crippen molar-refractivity contribution in [1.29, 1.82) is 0 Å². The van der Waals surface area contributed by atoms with E-state index < -0.39 is 0 Å². The first-order chi connectivity index (χ1) is 6.65. The van der Waals surface area contributed by atoms with Crippen LogP contribution in [0.4, 0.5) is 4.79 Å². The smallest absolute Gasteiger partial charge is 0.317 e. The maximum absolute atomic E-state index is 11.4. The first-order valence-electron chi connectivity index (χ1n) is 5.34. The molecule has 14 heavy (non-hydrogen) atoms. The molecule has 1 atom stereocenters. The van der Waals surface area contributed by atoms with E-state index in [4.69, 9.17) is 0 Å². The van der Waals surface area contributed by atoms with Crippen LogP contribution < -0.4 is 5.32 Å². The molecule has 1 heterocycles. The van der Waals surface area contributed by atoms with Crippen molar-refractivity contribution in [2.45, 2.75) is 25.8 Å². The molecular weight excluding hydrogens is 178 g/mol. The van der Waals surface area contributed by atoms with Crippen LogP contribution in [0.1, 0.15) is 19.8 Å². The fraction of sp³-hybridized carbons (Fsp3) is 0.900. The van der Waals surface area contributed by atoms with Crippen molar-refractivity contribution in [3.8, 4) is 0 Å². The van der Waals surface area contributed by atoms with Gasteiger partial charge < -0.3 is 15.1 Å². The zero-order valence-corrected chi connectivity index (χ0v) is 9.42. The van der Waals surface area contributed by atoms with Gasteiger partial charge in [0.1, 0.15) is 0 Å². The molecule has 1 rings (SSSR count). The van der Waals surface area contributed by atoms with Crippen molar-refractivity contribution in [3.63, 3.8) is 0 Å². The molecule has 0 radical (unpaired) electrons. The number of hydrogen-bond acceptors (Lipinski definition) is 2. The molecular formula is C10H21N3O. The predicted octanol–water partition coefficient (Wildman–Crippen LogP) is 0.742. The fourth-order valence-corrected chi connectivity index (χ4v) is 1.90. The van der Waals surface area contributed by atoms with E-state index >= 15 is 0 Å². The molecule has 0 aromatic rings. The molecule has 0 spiro atoms. The summed E-state index contributed by atoms with van der Waals surface area (Å²) in [5, 5.41) is 2.80. The van der Waals surface area contributed by atoms with Crippen molar-refractivity contribution in [2.24, 2.45) is 0 Å². The Kier molecular flexibility index (Phi) is 4.20. The van der Waals surface area contributed by atoms with Crippen LogP contribution in [-0.2, 0) is 0 Å². The normalized spacial score (nSPS) is 22.4. The Morgan fingerprint density at radius 1 is 1.64 bits per heavy atom. The Hall–Kier alpha value is -0.770. The lowest BCUT2D eigenvalue weighted by Crippen LogP contribution is -2.44. The van der Waals surface area contributed by atoms with E-state index in [2.05, 4.69) is 17.3 Å². The molecule has 1 fully saturated rings. The van der Waals surface area contributed by atoms with Gasteiger partial charge in [-0.1, -0.05) is 0 Å². The second-order valence-electron chi connectivity index (χ2n) is 3.99. The maximum Gasteiger partial charge on any atom is 0.317 e. The number of carbonyl (C=O) groups is 1. The van der Waals surface area contributed by atoms with Gasteiger partial charge in [-0.2, -0.15) is 0 Å². The van der Waals surface area contributed by atoms with Gasteiger partial charge >= 0.3 is 6.03 Å². The zero-order valence-electron chi connectivity index (χ0n) is 9.42. The summed E-state index contributed by atoms with van der Waals surface area (Å²) in [6.45, 7) is 4.63. The molecule has 82 valence electrons. The molecule has 0 bridgehead atoms. The van der Waals surface area contributed by atoms with Crippen molar-refractivity contribution >= 4 is 6.03 Å². The summed E-state index contributed by atoms with van der Waals surface area (Å²) in [5.41, 5.74) is 0. The van der Waals surface area contributed by atoms with Gasteiger partial charge in [0, 0.05) is 26.2 Å². The number of carbonyl (C=O) groups excluding carboxylic acids is 1. The highest BCUT2D eigenvalue weighted by atomic mass is 16.2. The van der Waals surface area contributed by atoms with Crippen LogP contribution in [0.3, 0.4) is 0 Å². The molecule has 2 amide bonds. The van der Waals surface area contributed by atoms with Crippen LogP contribution in [-0.4, -0.2) is 55.6 Å². The van der Waals surface area contributed by atoms with Gasteiger partial charge in [-0.15, -0.1) is 0 Å². The van der Waals surface area contributed by atoms with E-state index in [0.29, 0.717) is 12.6 Å². The van der Waals surface area contributed by atoms with Crippen LogP contribution >= 0.6 is 0 Å². The zero-order chi connectivity index (χ0) is 10.6. The molecule has 0 saturated carbocycles. The van der Waals surface area contributed by atoms with Gasteiger partial charge in [0.2, 0.25) is 0 Å². The average Bonchev–Trinajstić information content (AvgIpc) is 2.52. The number of urea groups is 1. The predicted molar refractivity (Wildman–Crippen MR) is 57.4 cm³/mol. The summed E-state index contributed by atoms with van der Waals surface area (Å²) in [6, 6.07) is 0.579. The standard InChI is InChI=1S/C10H21N3O/c1-4-11-10(14)13(3)8-9-6-5-7-12(9)2/h9H,4-8H2,1-3H3,(H,11,14). The number of hydrogen-bond donors (Lipinski definition) is 1. The van der Waals surface area contributed by atoms with E-state index in [0.717, 1.165) is 13.1 Å². The van der Waals surface area contributed by atoms with Crippen LogP contribution in [0.5, 0.6) is 0 Å². The van der Waals surface area contributed by atoms with E-state index in [1.807, 2.05) is 14.0 Å². The molecule has 1 unspecified atom stereocenters. The summed E-state index contributed by atoms with van der Waals surface area (Å²) in [4.78, 5) is 15.5. The van der Waals surface area contributed by atoms with Gasteiger partial charge in [-0.25, -0.2) is 4.79 Å². The number of likely N-dealkylation sites (tertiary alicyclic amines) is 1. The lowest BCUT2D eigenvalue weighted by Gasteiger charge is -2.25. The summed E-state index contributed by atoms with van der Waals surface area (Å²) in [5.74, 6) is 0. The number of nitrogens with one attached hydrogen (secondary N) is 1. The van der Waals surface area contributed by atoms with Crippen molar-refractivity contribution < 1.29 is 4.79 Å². The maximum atomic E-state index is 11.4. The summed E-state index contributed by atoms with van der Waals surface area (Å²) >= 11 is 0. The minimum Gasteiger partial charge on any atom is -0.338 e. The van der Waals surface area contributed by atoms with Crippen LogP contribution in [0.15, 0.2) is 0 Å². The van der Waals surface area contributed by atoms with E-state index in [9.17, 15) is 4.79 Å². The monoisotopic (exact) mass is 199 g/mol. The molecule has 4 nitrogen and oxygen atoms in total. The SMILES string of the molecule is CCNC(=O)N(C)CC1CCCN1C. The summed E-state index contributed by atoms with van der Waals surface area (Å²) < 4.78 is 0. The molecule has 0 aromatic carbocycles. The second-order valence-corrected chi connectivity index (χ2v) is 3.99. The third-order valence-electron chi connectivity index (χ3n) is 2.83. The highest BCUT2D eigenvalue weighted by molar-refractivity contribution is 5.73. The van der Waals surface area contributed by atoms with Crippen LogP contribution in [0, 0.1) is 0 Å². The second kappa shape index (κ2) is 5.20. The molecule has 0 aromatic heterocycles. The molecule has 1 aliphatic heterocycles. The van der Waals surface area contributed by atoms with Gasteiger partial charge in [-0.3, -0.25) is 0 Å². The van der Waals surface area contributed by atoms with Gasteiger partial charge in [0.25, 0.3) is 0 Å². The third-order valence-corrected chi connectivity index (χ3v) is 2.83. The van der Waals surface area contributed by atoms with Crippen LogP contribution in [0.2, 0.25) is 0 Å². The lowest BCUT2D eigenvalue weighted by atomic mass is 10.2. The Morgan fingerprint density at radius 2 is 2.36 bits per heavy atom. The highest BCUT2D eigenvalue weighted by Gasteiger charge is 2.23. The van der Waals surface area contributed by atoms with Crippen LogP contribution in [0.25, 0.3) is 0 Å². The summed E-state index contributed by atoms with van der Waals surface area (Å²) in [7, 11) is 3.99. The molecule has 4 heteroatoms. The lowest BCUT2D eigenvalue weighted by molar-refractivity contribution is 0.190. The number of rotatable bonds is 3. The minimum absolute atomic E-state index is 0.0350. The molecule has 1 aliphatic rings. The first-order valence-corrected chi connectivity index (χ1v) is 5.34. The van der Waals surface area contributed by atoms with Crippen molar-refractivity contribution in [1.82, 2.24) is 15.1 Å². The Bertz CT molecular complexity index is 196. The minimum atomic E-state index is 0.0350. The number of amides is 2. The van der Waals surface area contributed by atoms with Gasteiger partial charge in [-0.05, 0) is 33.4 Å². The highest BCUT2D eigenvalue weighted by Crippen LogP contribution is 2.15. The van der Waals surface area contributed by atoms with Gasteiger partial charge in [0.15, 0.2) is 0 Å². The van der Waals surface area contributed by atoms with E-state index in [1.54, 1.807) is 4.90 Å². The largest absolute Gasteiger partial charge is 0.338 e. The number of likely N-dealkylation sites (N-methyl/N-ethyl adjacent to an activating group) is 2. The van der Waals surface area contributed by atoms with E-state index in [-0.39, 0.29) is 6.03 Å². The van der Waals surface area contributed by atoms with Crippen molar-refractivity contribution in [2.75, 3.05) is 33.7 Å². The fourth-order valence-electron chi connectivity index (χ4n) is 1.90. The van der Waals surface area contributed by atoms with Gasteiger partial charge in [0.05, 0.1) is 0 Å². The first kappa shape index (κ1) is 11.3. The molecule has 0 aliphatic carbocycles. The topological polar surface area (TPSA) is 35.6 Å². The molecule has 1 N–H and O–H groups in total.